The summed E-state index contributed by atoms with van der Waals surface area (Å²) in [6.45, 7) is 1.84. The summed E-state index contributed by atoms with van der Waals surface area (Å²) in [5.74, 6) is 0.771. The van der Waals surface area contributed by atoms with Crippen LogP contribution >= 0.6 is 23.2 Å². The van der Waals surface area contributed by atoms with Crippen LogP contribution < -0.4 is 0 Å². The molecule has 0 unspecified atom stereocenters. The Morgan fingerprint density at radius 3 is 2.59 bits per heavy atom. The predicted octanol–water partition coefficient (Wildman–Crippen LogP) is 3.51. The van der Waals surface area contributed by atoms with Crippen molar-refractivity contribution in [1.29, 1.82) is 0 Å². The molecule has 0 N–H and O–H groups in total. The van der Waals surface area contributed by atoms with Crippen LogP contribution in [0.1, 0.15) is 16.3 Å². The standard InChI is InChI=1S/C12H10Cl2N2O/c1-7-15-11(6-17)12(16(7)2)8-3-4-9(13)10(14)5-8/h3-6H,1-2H3. The number of nitrogens with zero attached hydrogens (tertiary/aromatic N) is 2. The summed E-state index contributed by atoms with van der Waals surface area (Å²) in [7, 11) is 1.85. The maximum absolute atomic E-state index is 11.0. The molecule has 88 valence electrons. The van der Waals surface area contributed by atoms with E-state index in [4.69, 9.17) is 23.2 Å². The lowest BCUT2D eigenvalue weighted by atomic mass is 10.1. The highest BCUT2D eigenvalue weighted by molar-refractivity contribution is 6.42. The first kappa shape index (κ1) is 12.1. The van der Waals surface area contributed by atoms with Crippen LogP contribution in [0.3, 0.4) is 0 Å². The maximum atomic E-state index is 11.0. The van der Waals surface area contributed by atoms with Crippen molar-refractivity contribution in [2.24, 2.45) is 7.05 Å². The second kappa shape index (κ2) is 4.51. The molecule has 0 radical (unpaired) electrons. The monoisotopic (exact) mass is 268 g/mol. The van der Waals surface area contributed by atoms with Gasteiger partial charge < -0.3 is 4.57 Å². The molecular weight excluding hydrogens is 259 g/mol. The third kappa shape index (κ3) is 2.08. The van der Waals surface area contributed by atoms with Gasteiger partial charge in [0, 0.05) is 12.6 Å². The quantitative estimate of drug-likeness (QED) is 0.782. The Labute approximate surface area is 109 Å². The van der Waals surface area contributed by atoms with Crippen molar-refractivity contribution >= 4 is 29.5 Å². The summed E-state index contributed by atoms with van der Waals surface area (Å²) in [6.07, 6.45) is 0.741. The van der Waals surface area contributed by atoms with Gasteiger partial charge in [-0.05, 0) is 19.1 Å². The van der Waals surface area contributed by atoms with E-state index in [-0.39, 0.29) is 0 Å². The summed E-state index contributed by atoms with van der Waals surface area (Å²) in [5, 5.41) is 0.946. The molecular formula is C12H10Cl2N2O. The zero-order valence-corrected chi connectivity index (χ0v) is 10.9. The first-order chi connectivity index (χ1) is 8.04. The minimum Gasteiger partial charge on any atom is -0.331 e. The molecule has 0 aliphatic carbocycles. The van der Waals surface area contributed by atoms with Crippen LogP contribution in [0.2, 0.25) is 10.0 Å². The number of aldehydes is 1. The first-order valence-corrected chi connectivity index (χ1v) is 5.74. The van der Waals surface area contributed by atoms with E-state index in [2.05, 4.69) is 4.98 Å². The van der Waals surface area contributed by atoms with Crippen LogP contribution in [-0.4, -0.2) is 15.8 Å². The molecule has 0 aliphatic rings. The molecule has 2 rings (SSSR count). The third-order valence-corrected chi connectivity index (χ3v) is 3.39. The maximum Gasteiger partial charge on any atom is 0.170 e. The van der Waals surface area contributed by atoms with Crippen LogP contribution in [-0.2, 0) is 7.05 Å². The Morgan fingerprint density at radius 1 is 1.29 bits per heavy atom. The van der Waals surface area contributed by atoms with Crippen molar-refractivity contribution in [3.8, 4) is 11.3 Å². The first-order valence-electron chi connectivity index (χ1n) is 4.98. The van der Waals surface area contributed by atoms with E-state index in [1.165, 1.54) is 0 Å². The van der Waals surface area contributed by atoms with E-state index in [0.717, 1.165) is 23.4 Å². The summed E-state index contributed by atoms with van der Waals surface area (Å²) in [4.78, 5) is 15.2. The third-order valence-electron chi connectivity index (χ3n) is 2.65. The summed E-state index contributed by atoms with van der Waals surface area (Å²) in [6, 6.07) is 5.25. The Morgan fingerprint density at radius 2 is 2.00 bits per heavy atom. The number of rotatable bonds is 2. The van der Waals surface area contributed by atoms with Crippen molar-refractivity contribution in [3.05, 3.63) is 39.8 Å². The molecule has 0 saturated heterocycles. The molecule has 5 heteroatoms. The van der Waals surface area contributed by atoms with E-state index >= 15 is 0 Å². The van der Waals surface area contributed by atoms with Gasteiger partial charge in [-0.15, -0.1) is 0 Å². The number of benzene rings is 1. The van der Waals surface area contributed by atoms with Crippen LogP contribution in [0, 0.1) is 6.92 Å². The van der Waals surface area contributed by atoms with Crippen LogP contribution in [0.5, 0.6) is 0 Å². The normalized spacial score (nSPS) is 10.6. The Balaban J connectivity index is 2.67. The SMILES string of the molecule is Cc1nc(C=O)c(-c2ccc(Cl)c(Cl)c2)n1C. The molecule has 0 fully saturated rings. The van der Waals surface area contributed by atoms with Crippen molar-refractivity contribution < 1.29 is 4.79 Å². The molecule has 0 spiro atoms. The number of carbonyl (C=O) groups is 1. The zero-order valence-electron chi connectivity index (χ0n) is 9.37. The van der Waals surface area contributed by atoms with Gasteiger partial charge in [0.2, 0.25) is 0 Å². The van der Waals surface area contributed by atoms with Gasteiger partial charge in [0.15, 0.2) is 6.29 Å². The lowest BCUT2D eigenvalue weighted by Gasteiger charge is -2.06. The van der Waals surface area contributed by atoms with Gasteiger partial charge in [0.1, 0.15) is 11.5 Å². The predicted molar refractivity (Wildman–Crippen MR) is 68.8 cm³/mol. The fourth-order valence-corrected chi connectivity index (χ4v) is 2.00. The molecule has 3 nitrogen and oxygen atoms in total. The van der Waals surface area contributed by atoms with Crippen molar-refractivity contribution in [1.82, 2.24) is 9.55 Å². The van der Waals surface area contributed by atoms with Gasteiger partial charge in [-0.25, -0.2) is 4.98 Å². The van der Waals surface area contributed by atoms with E-state index in [0.29, 0.717) is 15.7 Å². The van der Waals surface area contributed by atoms with Crippen molar-refractivity contribution in [3.63, 3.8) is 0 Å². The summed E-state index contributed by atoms with van der Waals surface area (Å²) in [5.41, 5.74) is 1.98. The summed E-state index contributed by atoms with van der Waals surface area (Å²) < 4.78 is 1.85. The van der Waals surface area contributed by atoms with E-state index in [1.807, 2.05) is 24.6 Å². The van der Waals surface area contributed by atoms with Crippen molar-refractivity contribution in [2.75, 3.05) is 0 Å². The Kier molecular flexibility index (Phi) is 3.22. The zero-order chi connectivity index (χ0) is 12.6. The fraction of sp³-hybridized carbons (Fsp3) is 0.167. The number of aromatic nitrogens is 2. The molecule has 0 saturated carbocycles. The molecule has 1 aromatic carbocycles. The van der Waals surface area contributed by atoms with Crippen LogP contribution in [0.4, 0.5) is 0 Å². The van der Waals surface area contributed by atoms with E-state index < -0.39 is 0 Å². The largest absolute Gasteiger partial charge is 0.331 e. The van der Waals surface area contributed by atoms with Gasteiger partial charge in [-0.3, -0.25) is 4.79 Å². The number of aryl methyl sites for hydroxylation is 1. The van der Waals surface area contributed by atoms with Crippen LogP contribution in [0.25, 0.3) is 11.3 Å². The van der Waals surface area contributed by atoms with Gasteiger partial charge in [0.25, 0.3) is 0 Å². The fourth-order valence-electron chi connectivity index (χ4n) is 1.70. The van der Waals surface area contributed by atoms with Gasteiger partial charge in [-0.2, -0.15) is 0 Å². The average molecular weight is 269 g/mol. The average Bonchev–Trinajstić information content (AvgIpc) is 2.59. The molecule has 0 amide bonds. The van der Waals surface area contributed by atoms with Crippen LogP contribution in [0.15, 0.2) is 18.2 Å². The highest BCUT2D eigenvalue weighted by Gasteiger charge is 2.14. The van der Waals surface area contributed by atoms with Gasteiger partial charge in [-0.1, -0.05) is 29.3 Å². The topological polar surface area (TPSA) is 34.9 Å². The van der Waals surface area contributed by atoms with E-state index in [9.17, 15) is 4.79 Å². The Hall–Kier alpha value is -1.32. The van der Waals surface area contributed by atoms with Crippen molar-refractivity contribution in [2.45, 2.75) is 6.92 Å². The number of imidazole rings is 1. The number of hydrogen-bond acceptors (Lipinski definition) is 2. The highest BCUT2D eigenvalue weighted by Crippen LogP contribution is 2.30. The Bertz CT molecular complexity index is 590. The summed E-state index contributed by atoms with van der Waals surface area (Å²) >= 11 is 11.8. The molecule has 0 atom stereocenters. The molecule has 1 heterocycles. The number of carbonyl (C=O) groups excluding carboxylic acids is 1. The number of halogens is 2. The second-order valence-corrected chi connectivity index (χ2v) is 4.51. The smallest absolute Gasteiger partial charge is 0.170 e. The lowest BCUT2D eigenvalue weighted by molar-refractivity contribution is 0.112. The van der Waals surface area contributed by atoms with E-state index in [1.54, 1.807) is 12.1 Å². The minimum atomic E-state index is 0.406. The molecule has 17 heavy (non-hydrogen) atoms. The second-order valence-electron chi connectivity index (χ2n) is 3.70. The lowest BCUT2D eigenvalue weighted by Crippen LogP contribution is -1.95. The minimum absolute atomic E-state index is 0.406. The van der Waals surface area contributed by atoms with Gasteiger partial charge >= 0.3 is 0 Å². The van der Waals surface area contributed by atoms with Gasteiger partial charge in [0.05, 0.1) is 15.7 Å². The molecule has 0 aliphatic heterocycles. The molecule has 2 aromatic rings. The number of hydrogen-bond donors (Lipinski definition) is 0. The molecule has 1 aromatic heterocycles. The highest BCUT2D eigenvalue weighted by atomic mass is 35.5. The molecule has 0 bridgehead atoms.